The topological polar surface area (TPSA) is 30.5 Å². The Hall–Kier alpha value is -0.930. The molecular formula is C14H20ClNO2. The van der Waals surface area contributed by atoms with Gasteiger partial charge in [-0.05, 0) is 50.4 Å². The molecule has 0 radical (unpaired) electrons. The molecule has 1 fully saturated rings. The number of hydrogen-bond donors (Lipinski definition) is 1. The lowest BCUT2D eigenvalue weighted by atomic mass is 9.89. The molecule has 0 unspecified atom stereocenters. The Morgan fingerprint density at radius 2 is 2.00 bits per heavy atom. The smallest absolute Gasteiger partial charge is 0.141 e. The van der Waals surface area contributed by atoms with Gasteiger partial charge in [0.15, 0.2) is 0 Å². The minimum atomic E-state index is 0.524. The highest BCUT2D eigenvalue weighted by Crippen LogP contribution is 2.39. The highest BCUT2D eigenvalue weighted by molar-refractivity contribution is 6.32. The van der Waals surface area contributed by atoms with Gasteiger partial charge in [0.2, 0.25) is 0 Å². The molecule has 0 atom stereocenters. The normalized spacial score (nSPS) is 16.6. The summed E-state index contributed by atoms with van der Waals surface area (Å²) < 4.78 is 11.0. The van der Waals surface area contributed by atoms with Gasteiger partial charge in [0.25, 0.3) is 0 Å². The molecule has 0 saturated carbocycles. The summed E-state index contributed by atoms with van der Waals surface area (Å²) in [6.45, 7) is 4.76. The predicted molar refractivity (Wildman–Crippen MR) is 74.0 cm³/mol. The summed E-state index contributed by atoms with van der Waals surface area (Å²) in [6.07, 6.45) is 2.26. The number of rotatable bonds is 4. The van der Waals surface area contributed by atoms with Gasteiger partial charge in [-0.1, -0.05) is 11.6 Å². The van der Waals surface area contributed by atoms with Crippen LogP contribution in [0.2, 0.25) is 5.02 Å². The first-order valence-electron chi connectivity index (χ1n) is 6.47. The summed E-state index contributed by atoms with van der Waals surface area (Å²) in [5.41, 5.74) is 1.21. The van der Waals surface area contributed by atoms with Gasteiger partial charge in [-0.25, -0.2) is 0 Å². The second-order valence-electron chi connectivity index (χ2n) is 4.48. The maximum absolute atomic E-state index is 6.22. The van der Waals surface area contributed by atoms with Gasteiger partial charge in [0.05, 0.1) is 18.7 Å². The summed E-state index contributed by atoms with van der Waals surface area (Å²) in [5, 5.41) is 4.04. The lowest BCUT2D eigenvalue weighted by Crippen LogP contribution is -2.26. The van der Waals surface area contributed by atoms with Crippen LogP contribution in [-0.4, -0.2) is 26.8 Å². The molecule has 1 heterocycles. The van der Waals surface area contributed by atoms with Gasteiger partial charge in [0.1, 0.15) is 11.5 Å². The average molecular weight is 270 g/mol. The molecule has 0 aliphatic carbocycles. The summed E-state index contributed by atoms with van der Waals surface area (Å²) >= 11 is 6.22. The molecule has 1 aliphatic heterocycles. The van der Waals surface area contributed by atoms with Crippen molar-refractivity contribution in [1.82, 2.24) is 5.32 Å². The quantitative estimate of drug-likeness (QED) is 0.910. The number of halogens is 1. The molecule has 3 nitrogen and oxygen atoms in total. The van der Waals surface area contributed by atoms with E-state index in [1.165, 1.54) is 5.56 Å². The van der Waals surface area contributed by atoms with Crippen molar-refractivity contribution in [3.63, 3.8) is 0 Å². The highest BCUT2D eigenvalue weighted by atomic mass is 35.5. The van der Waals surface area contributed by atoms with Crippen molar-refractivity contribution >= 4 is 11.6 Å². The van der Waals surface area contributed by atoms with Gasteiger partial charge in [0, 0.05) is 6.07 Å². The molecule has 1 N–H and O–H groups in total. The second kappa shape index (κ2) is 6.30. The van der Waals surface area contributed by atoms with Crippen molar-refractivity contribution in [3.05, 3.63) is 22.7 Å². The molecule has 0 aromatic heterocycles. The van der Waals surface area contributed by atoms with E-state index in [-0.39, 0.29) is 0 Å². The lowest BCUT2D eigenvalue weighted by molar-refractivity contribution is 0.325. The summed E-state index contributed by atoms with van der Waals surface area (Å²) in [7, 11) is 1.63. The maximum atomic E-state index is 6.22. The van der Waals surface area contributed by atoms with Crippen LogP contribution in [0.25, 0.3) is 0 Å². The predicted octanol–water partition coefficient (Wildman–Crippen LogP) is 3.21. The third-order valence-electron chi connectivity index (χ3n) is 3.36. The van der Waals surface area contributed by atoms with Crippen molar-refractivity contribution in [2.45, 2.75) is 25.7 Å². The average Bonchev–Trinajstić information content (AvgIpc) is 2.41. The van der Waals surface area contributed by atoms with Gasteiger partial charge in [-0.2, -0.15) is 0 Å². The Bertz CT molecular complexity index is 403. The maximum Gasteiger partial charge on any atom is 0.141 e. The molecule has 4 heteroatoms. The van der Waals surface area contributed by atoms with Crippen molar-refractivity contribution < 1.29 is 9.47 Å². The van der Waals surface area contributed by atoms with Crippen LogP contribution in [0, 0.1) is 0 Å². The van der Waals surface area contributed by atoms with E-state index in [0.29, 0.717) is 23.3 Å². The van der Waals surface area contributed by atoms with Crippen LogP contribution in [0.3, 0.4) is 0 Å². The zero-order chi connectivity index (χ0) is 13.0. The van der Waals surface area contributed by atoms with Crippen LogP contribution >= 0.6 is 11.6 Å². The number of ether oxygens (including phenoxy) is 2. The fourth-order valence-corrected chi connectivity index (χ4v) is 2.69. The van der Waals surface area contributed by atoms with E-state index in [4.69, 9.17) is 21.1 Å². The van der Waals surface area contributed by atoms with Crippen LogP contribution in [0.4, 0.5) is 0 Å². The van der Waals surface area contributed by atoms with Gasteiger partial charge in [-0.3, -0.25) is 0 Å². The minimum absolute atomic E-state index is 0.524. The molecule has 0 bridgehead atoms. The molecule has 100 valence electrons. The van der Waals surface area contributed by atoms with Crippen LogP contribution in [-0.2, 0) is 0 Å². The Morgan fingerprint density at radius 3 is 2.61 bits per heavy atom. The van der Waals surface area contributed by atoms with Crippen molar-refractivity contribution in [1.29, 1.82) is 0 Å². The molecule has 0 amide bonds. The van der Waals surface area contributed by atoms with E-state index >= 15 is 0 Å². The molecular weight excluding hydrogens is 250 g/mol. The SMILES string of the molecule is CCOc1cc(OC)c(Cl)cc1C1CCNCC1. The van der Waals surface area contributed by atoms with Crippen LogP contribution in [0.15, 0.2) is 12.1 Å². The number of piperidine rings is 1. The van der Waals surface area contributed by atoms with Crippen LogP contribution in [0.1, 0.15) is 31.2 Å². The van der Waals surface area contributed by atoms with Gasteiger partial charge >= 0.3 is 0 Å². The van der Waals surface area contributed by atoms with E-state index in [1.807, 2.05) is 19.1 Å². The van der Waals surface area contributed by atoms with E-state index in [2.05, 4.69) is 5.32 Å². The van der Waals surface area contributed by atoms with E-state index < -0.39 is 0 Å². The lowest BCUT2D eigenvalue weighted by Gasteiger charge is -2.25. The van der Waals surface area contributed by atoms with Crippen molar-refractivity contribution in [2.75, 3.05) is 26.8 Å². The van der Waals surface area contributed by atoms with Gasteiger partial charge in [-0.15, -0.1) is 0 Å². The zero-order valence-corrected chi connectivity index (χ0v) is 11.7. The van der Waals surface area contributed by atoms with E-state index in [0.717, 1.165) is 31.7 Å². The first kappa shape index (κ1) is 13.5. The largest absolute Gasteiger partial charge is 0.495 e. The summed E-state index contributed by atoms with van der Waals surface area (Å²) in [5.74, 6) is 2.11. The fraction of sp³-hybridized carbons (Fsp3) is 0.571. The Kier molecular flexibility index (Phi) is 4.72. The summed E-state index contributed by atoms with van der Waals surface area (Å²) in [4.78, 5) is 0. The number of methoxy groups -OCH3 is 1. The molecule has 2 rings (SSSR count). The standard InChI is InChI=1S/C14H20ClNO2/c1-3-18-13-9-14(17-2)12(15)8-11(13)10-4-6-16-7-5-10/h8-10,16H,3-7H2,1-2H3. The first-order chi connectivity index (χ1) is 8.76. The molecule has 18 heavy (non-hydrogen) atoms. The van der Waals surface area contributed by atoms with Crippen LogP contribution < -0.4 is 14.8 Å². The van der Waals surface area contributed by atoms with Crippen molar-refractivity contribution in [2.24, 2.45) is 0 Å². The highest BCUT2D eigenvalue weighted by Gasteiger charge is 2.21. The fourth-order valence-electron chi connectivity index (χ4n) is 2.44. The zero-order valence-electron chi connectivity index (χ0n) is 11.0. The first-order valence-corrected chi connectivity index (χ1v) is 6.85. The number of hydrogen-bond acceptors (Lipinski definition) is 3. The molecule has 1 aliphatic rings. The second-order valence-corrected chi connectivity index (χ2v) is 4.89. The Labute approximate surface area is 113 Å². The van der Waals surface area contributed by atoms with Gasteiger partial charge < -0.3 is 14.8 Å². The minimum Gasteiger partial charge on any atom is -0.495 e. The summed E-state index contributed by atoms with van der Waals surface area (Å²) in [6, 6.07) is 3.91. The third kappa shape index (κ3) is 2.90. The number of benzene rings is 1. The van der Waals surface area contributed by atoms with Crippen LogP contribution in [0.5, 0.6) is 11.5 Å². The molecule has 0 spiro atoms. The molecule has 1 aromatic rings. The monoisotopic (exact) mass is 269 g/mol. The molecule has 1 aromatic carbocycles. The van der Waals surface area contributed by atoms with Crippen molar-refractivity contribution in [3.8, 4) is 11.5 Å². The third-order valence-corrected chi connectivity index (χ3v) is 3.66. The number of nitrogens with one attached hydrogen (secondary N) is 1. The Balaban J connectivity index is 2.33. The van der Waals surface area contributed by atoms with E-state index in [1.54, 1.807) is 7.11 Å². The Morgan fingerprint density at radius 1 is 1.28 bits per heavy atom. The van der Waals surface area contributed by atoms with E-state index in [9.17, 15) is 0 Å². The molecule has 1 saturated heterocycles.